The van der Waals surface area contributed by atoms with Crippen molar-refractivity contribution in [2.75, 3.05) is 25.0 Å². The van der Waals surface area contributed by atoms with E-state index in [2.05, 4.69) is 46.3 Å². The van der Waals surface area contributed by atoms with Crippen molar-refractivity contribution in [1.29, 1.82) is 0 Å². The SMILES string of the molecule is Cc1ccc(N2CCCN3C4C(=O)N(Cc5ccccc5)C(=O)N(C)C4NC23)cc1. The van der Waals surface area contributed by atoms with E-state index in [1.807, 2.05) is 30.3 Å². The van der Waals surface area contributed by atoms with E-state index in [1.165, 1.54) is 10.5 Å². The number of anilines is 1. The van der Waals surface area contributed by atoms with E-state index in [0.717, 1.165) is 30.8 Å². The first-order valence-electron chi connectivity index (χ1n) is 10.5. The lowest BCUT2D eigenvalue weighted by molar-refractivity contribution is -0.139. The minimum atomic E-state index is -0.380. The molecule has 0 saturated carbocycles. The fourth-order valence-electron chi connectivity index (χ4n) is 4.83. The molecule has 30 heavy (non-hydrogen) atoms. The molecule has 0 aliphatic carbocycles. The van der Waals surface area contributed by atoms with E-state index in [4.69, 9.17) is 0 Å². The number of nitrogens with one attached hydrogen (secondary N) is 1. The Morgan fingerprint density at radius 3 is 2.47 bits per heavy atom. The second kappa shape index (κ2) is 7.41. The summed E-state index contributed by atoms with van der Waals surface area (Å²) >= 11 is 0. The summed E-state index contributed by atoms with van der Waals surface area (Å²) in [5, 5.41) is 3.56. The highest BCUT2D eigenvalue weighted by molar-refractivity contribution is 6.00. The number of nitrogens with zero attached hydrogens (tertiary/aromatic N) is 4. The van der Waals surface area contributed by atoms with E-state index in [1.54, 1.807) is 11.9 Å². The third-order valence-electron chi connectivity index (χ3n) is 6.42. The number of likely N-dealkylation sites (N-methyl/N-ethyl adjacent to an activating group) is 1. The van der Waals surface area contributed by atoms with E-state index in [0.29, 0.717) is 6.54 Å². The average Bonchev–Trinajstić information content (AvgIpc) is 3.17. The van der Waals surface area contributed by atoms with Crippen molar-refractivity contribution in [2.45, 2.75) is 38.4 Å². The molecule has 0 bridgehead atoms. The van der Waals surface area contributed by atoms with Crippen LogP contribution in [-0.2, 0) is 11.3 Å². The van der Waals surface area contributed by atoms with E-state index in [9.17, 15) is 9.59 Å². The van der Waals surface area contributed by atoms with Gasteiger partial charge in [0.05, 0.1) is 6.54 Å². The Bertz CT molecular complexity index is 948. The first-order valence-corrected chi connectivity index (χ1v) is 10.5. The van der Waals surface area contributed by atoms with Crippen LogP contribution in [0.15, 0.2) is 54.6 Å². The van der Waals surface area contributed by atoms with Crippen LogP contribution in [-0.4, -0.2) is 65.3 Å². The molecule has 156 valence electrons. The van der Waals surface area contributed by atoms with Crippen molar-refractivity contribution >= 4 is 17.6 Å². The zero-order valence-corrected chi connectivity index (χ0v) is 17.4. The van der Waals surface area contributed by atoms with Gasteiger partial charge in [-0.15, -0.1) is 0 Å². The van der Waals surface area contributed by atoms with Gasteiger partial charge in [0.15, 0.2) is 0 Å². The van der Waals surface area contributed by atoms with Crippen molar-refractivity contribution in [1.82, 2.24) is 20.0 Å². The second-order valence-corrected chi connectivity index (χ2v) is 8.35. The van der Waals surface area contributed by atoms with E-state index in [-0.39, 0.29) is 30.4 Å². The lowest BCUT2D eigenvalue weighted by Crippen LogP contribution is -2.66. The van der Waals surface area contributed by atoms with Crippen LogP contribution in [0.3, 0.4) is 0 Å². The molecule has 3 atom stereocenters. The molecule has 7 heteroatoms. The van der Waals surface area contributed by atoms with Crippen LogP contribution in [0.1, 0.15) is 17.5 Å². The third kappa shape index (κ3) is 3.05. The van der Waals surface area contributed by atoms with Gasteiger partial charge in [0.1, 0.15) is 18.5 Å². The van der Waals surface area contributed by atoms with Gasteiger partial charge in [-0.2, -0.15) is 0 Å². The minimum absolute atomic E-state index is 0.104. The number of aryl methyl sites for hydroxylation is 1. The number of urea groups is 1. The van der Waals surface area contributed by atoms with Crippen LogP contribution in [0.2, 0.25) is 0 Å². The van der Waals surface area contributed by atoms with Crippen molar-refractivity contribution in [3.63, 3.8) is 0 Å². The summed E-state index contributed by atoms with van der Waals surface area (Å²) in [6, 6.07) is 17.5. The third-order valence-corrected chi connectivity index (χ3v) is 6.42. The molecular weight excluding hydrogens is 378 g/mol. The van der Waals surface area contributed by atoms with Crippen molar-refractivity contribution in [3.05, 3.63) is 65.7 Å². The van der Waals surface area contributed by atoms with Gasteiger partial charge in [0, 0.05) is 25.8 Å². The Hall–Kier alpha value is -2.90. The summed E-state index contributed by atoms with van der Waals surface area (Å²) in [6.07, 6.45) is 0.541. The predicted octanol–water partition coefficient (Wildman–Crippen LogP) is 2.18. The summed E-state index contributed by atoms with van der Waals surface area (Å²) in [5.74, 6) is -0.118. The van der Waals surface area contributed by atoms with Crippen LogP contribution in [0.25, 0.3) is 0 Å². The zero-order chi connectivity index (χ0) is 20.8. The first-order chi connectivity index (χ1) is 14.5. The number of carbonyl (C=O) groups excluding carboxylic acids is 2. The Labute approximate surface area is 176 Å². The normalized spacial score (nSPS) is 26.7. The topological polar surface area (TPSA) is 59.1 Å². The largest absolute Gasteiger partial charge is 0.343 e. The fraction of sp³-hybridized carbons (Fsp3) is 0.391. The first kappa shape index (κ1) is 19.1. The maximum atomic E-state index is 13.5. The maximum absolute atomic E-state index is 13.5. The number of amides is 3. The lowest BCUT2D eigenvalue weighted by atomic mass is 10.1. The summed E-state index contributed by atoms with van der Waals surface area (Å²) in [7, 11) is 1.78. The smallest absolute Gasteiger partial charge is 0.328 e. The van der Waals surface area contributed by atoms with Crippen LogP contribution in [0, 0.1) is 6.92 Å². The highest BCUT2D eigenvalue weighted by Gasteiger charge is 2.56. The van der Waals surface area contributed by atoms with Gasteiger partial charge < -0.3 is 9.80 Å². The fourth-order valence-corrected chi connectivity index (χ4v) is 4.83. The number of imide groups is 1. The molecule has 3 amide bonds. The van der Waals surface area contributed by atoms with Gasteiger partial charge in [-0.25, -0.2) is 4.79 Å². The number of hydrogen-bond donors (Lipinski definition) is 1. The molecule has 0 radical (unpaired) electrons. The summed E-state index contributed by atoms with van der Waals surface area (Å²) in [6.45, 7) is 4.12. The van der Waals surface area contributed by atoms with Crippen molar-refractivity contribution < 1.29 is 9.59 Å². The van der Waals surface area contributed by atoms with Crippen molar-refractivity contribution in [2.24, 2.45) is 0 Å². The van der Waals surface area contributed by atoms with Gasteiger partial charge >= 0.3 is 6.03 Å². The number of rotatable bonds is 3. The molecular formula is C23H27N5O2. The van der Waals surface area contributed by atoms with Crippen LogP contribution in [0.4, 0.5) is 10.5 Å². The lowest BCUT2D eigenvalue weighted by Gasteiger charge is -2.44. The predicted molar refractivity (Wildman–Crippen MR) is 114 cm³/mol. The molecule has 3 aliphatic rings. The molecule has 5 rings (SSSR count). The van der Waals surface area contributed by atoms with Gasteiger partial charge in [-0.1, -0.05) is 48.0 Å². The Morgan fingerprint density at radius 1 is 1.00 bits per heavy atom. The number of fused-ring (bicyclic) bond motifs is 3. The van der Waals surface area contributed by atoms with Gasteiger partial charge in [-0.3, -0.25) is 19.9 Å². The van der Waals surface area contributed by atoms with E-state index >= 15 is 0 Å². The highest BCUT2D eigenvalue weighted by Crippen LogP contribution is 2.33. The van der Waals surface area contributed by atoms with Gasteiger partial charge in [0.2, 0.25) is 0 Å². The second-order valence-electron chi connectivity index (χ2n) is 8.35. The highest BCUT2D eigenvalue weighted by atomic mass is 16.2. The Kier molecular flexibility index (Phi) is 4.72. The van der Waals surface area contributed by atoms with Gasteiger partial charge in [-0.05, 0) is 31.0 Å². The number of hydrogen-bond acceptors (Lipinski definition) is 5. The molecule has 7 nitrogen and oxygen atoms in total. The van der Waals surface area contributed by atoms with Crippen LogP contribution < -0.4 is 10.2 Å². The molecule has 3 unspecified atom stereocenters. The number of benzene rings is 2. The van der Waals surface area contributed by atoms with Crippen LogP contribution in [0.5, 0.6) is 0 Å². The van der Waals surface area contributed by atoms with Gasteiger partial charge in [0.25, 0.3) is 5.91 Å². The maximum Gasteiger partial charge on any atom is 0.328 e. The Balaban J connectivity index is 1.43. The summed E-state index contributed by atoms with van der Waals surface area (Å²) in [4.78, 5) is 34.1. The standard InChI is InChI=1S/C23H27N5O2/c1-16-9-11-18(12-10-16)26-13-6-14-27-19-20(24-22(26)27)25(2)23(30)28(21(19)29)15-17-7-4-3-5-8-17/h3-5,7-12,19-20,22,24H,6,13-15H2,1-2H3. The molecule has 3 heterocycles. The molecule has 3 fully saturated rings. The zero-order valence-electron chi connectivity index (χ0n) is 17.4. The molecule has 0 aromatic heterocycles. The minimum Gasteiger partial charge on any atom is -0.343 e. The van der Waals surface area contributed by atoms with Crippen molar-refractivity contribution in [3.8, 4) is 0 Å². The molecule has 3 saturated heterocycles. The van der Waals surface area contributed by atoms with Crippen LogP contribution >= 0.6 is 0 Å². The average molecular weight is 406 g/mol. The van der Waals surface area contributed by atoms with E-state index < -0.39 is 0 Å². The molecule has 0 spiro atoms. The summed E-state index contributed by atoms with van der Waals surface area (Å²) < 4.78 is 0. The molecule has 2 aromatic rings. The summed E-state index contributed by atoms with van der Waals surface area (Å²) in [5.41, 5.74) is 3.30. The quantitative estimate of drug-likeness (QED) is 0.848. The number of carbonyl (C=O) groups is 2. The molecule has 3 aliphatic heterocycles. The molecule has 1 N–H and O–H groups in total. The molecule has 2 aromatic carbocycles. The monoisotopic (exact) mass is 405 g/mol. The Morgan fingerprint density at radius 2 is 1.73 bits per heavy atom.